The Bertz CT molecular complexity index is 1450. The molecule has 0 aliphatic carbocycles. The Labute approximate surface area is 218 Å². The van der Waals surface area contributed by atoms with E-state index in [1.807, 2.05) is 38.1 Å². The van der Waals surface area contributed by atoms with Crippen LogP contribution in [0, 0.1) is 32.6 Å². The molecule has 0 aliphatic heterocycles. The normalized spacial score (nSPS) is 11.7. The lowest BCUT2D eigenvalue weighted by Gasteiger charge is -2.19. The first-order valence-corrected chi connectivity index (χ1v) is 13.4. The van der Waals surface area contributed by atoms with Gasteiger partial charge in [0, 0.05) is 51.0 Å². The third-order valence-electron chi connectivity index (χ3n) is 5.56. The highest BCUT2D eigenvalue weighted by molar-refractivity contribution is 9.10. The first kappa shape index (κ1) is 25.0. The fraction of sp³-hybridized carbons (Fsp3) is 0.233. The van der Waals surface area contributed by atoms with E-state index >= 15 is 0 Å². The molecule has 1 aromatic heterocycles. The lowest BCUT2D eigenvalue weighted by molar-refractivity contribution is -0.154. The van der Waals surface area contributed by atoms with Crippen molar-refractivity contribution in [2.45, 2.75) is 40.2 Å². The Kier molecular flexibility index (Phi) is 7.35. The summed E-state index contributed by atoms with van der Waals surface area (Å²) in [5.41, 5.74) is 1.91. The van der Waals surface area contributed by atoms with Crippen molar-refractivity contribution in [3.63, 3.8) is 0 Å². The number of hydrogen-bond acceptors (Lipinski definition) is 3. The average Bonchev–Trinajstić information content (AvgIpc) is 3.13. The predicted octanol–water partition coefficient (Wildman–Crippen LogP) is 8.02. The van der Waals surface area contributed by atoms with E-state index in [4.69, 9.17) is 9.47 Å². The number of ether oxygens (including phenoxy) is 2. The Morgan fingerprint density at radius 2 is 1.63 bits per heavy atom. The molecule has 0 amide bonds. The fourth-order valence-corrected chi connectivity index (χ4v) is 6.82. The number of fused-ring (bicyclic) bond motifs is 1. The number of halogens is 1. The van der Waals surface area contributed by atoms with Gasteiger partial charge in [0.25, 0.3) is 0 Å². The molecule has 0 saturated carbocycles. The predicted molar refractivity (Wildman–Crippen MR) is 149 cm³/mol. The smallest absolute Gasteiger partial charge is 0.345 e. The van der Waals surface area contributed by atoms with Gasteiger partial charge in [-0.25, -0.2) is 4.79 Å². The van der Waals surface area contributed by atoms with E-state index in [1.165, 1.54) is 19.9 Å². The number of aryl methyl sites for hydroxylation is 3. The molecule has 35 heavy (non-hydrogen) atoms. The van der Waals surface area contributed by atoms with Gasteiger partial charge in [-0.1, -0.05) is 36.1 Å². The summed E-state index contributed by atoms with van der Waals surface area (Å²) < 4.78 is 13.8. The van der Waals surface area contributed by atoms with Crippen LogP contribution in [0.2, 0.25) is 0 Å². The van der Waals surface area contributed by atoms with Gasteiger partial charge in [0.15, 0.2) is 26.7 Å². The Balaban J connectivity index is 1.47. The lowest BCUT2D eigenvalue weighted by Crippen LogP contribution is -2.29. The first-order valence-electron chi connectivity index (χ1n) is 11.4. The molecule has 3 nitrogen and oxygen atoms in total. The molecule has 4 rings (SSSR count). The van der Waals surface area contributed by atoms with E-state index in [1.54, 1.807) is 13.8 Å². The van der Waals surface area contributed by atoms with Crippen molar-refractivity contribution >= 4 is 42.5 Å². The van der Waals surface area contributed by atoms with Crippen LogP contribution in [-0.2, 0) is 9.53 Å². The summed E-state index contributed by atoms with van der Waals surface area (Å²) in [7, 11) is -0.0900. The molecule has 1 heterocycles. The SMILES string of the molecule is Cc1cc(-[s+]2c(C)cc3ccccc32)cc(C)c1OCC(=O)OC(C)(C)C#Cc1ccccc1Br. The number of benzene rings is 3. The van der Waals surface area contributed by atoms with Gasteiger partial charge in [0.2, 0.25) is 0 Å². The minimum atomic E-state index is -0.940. The molecular formula is C30H28BrO3S+. The number of hydrogen-bond donors (Lipinski definition) is 0. The Morgan fingerprint density at radius 3 is 2.34 bits per heavy atom. The van der Waals surface area contributed by atoms with E-state index < -0.39 is 11.6 Å². The zero-order valence-corrected chi connectivity index (χ0v) is 23.0. The molecule has 5 heteroatoms. The van der Waals surface area contributed by atoms with Crippen LogP contribution in [0.15, 0.2) is 71.2 Å². The van der Waals surface area contributed by atoms with Crippen molar-refractivity contribution < 1.29 is 14.3 Å². The highest BCUT2D eigenvalue weighted by Crippen LogP contribution is 2.45. The Hall–Kier alpha value is -3.07. The van der Waals surface area contributed by atoms with Crippen LogP contribution >= 0.6 is 26.4 Å². The minimum absolute atomic E-state index is 0.0900. The number of rotatable bonds is 5. The van der Waals surface area contributed by atoms with Crippen LogP contribution in [0.1, 0.15) is 35.4 Å². The second-order valence-electron chi connectivity index (χ2n) is 8.99. The minimum Gasteiger partial charge on any atom is -0.481 e. The van der Waals surface area contributed by atoms with Crippen molar-refractivity contribution in [2.75, 3.05) is 6.61 Å². The summed E-state index contributed by atoms with van der Waals surface area (Å²) >= 11 is 3.48. The van der Waals surface area contributed by atoms with Gasteiger partial charge in [-0.05, 0) is 79.0 Å². The first-order chi connectivity index (χ1) is 16.6. The maximum atomic E-state index is 12.6. The van der Waals surface area contributed by atoms with Gasteiger partial charge in [-0.15, -0.1) is 0 Å². The molecule has 4 aromatic rings. The van der Waals surface area contributed by atoms with Crippen LogP contribution in [0.5, 0.6) is 5.75 Å². The van der Waals surface area contributed by atoms with Crippen LogP contribution in [-0.4, -0.2) is 18.2 Å². The highest BCUT2D eigenvalue weighted by atomic mass is 79.9. The van der Waals surface area contributed by atoms with E-state index in [0.29, 0.717) is 0 Å². The largest absolute Gasteiger partial charge is 0.481 e. The van der Waals surface area contributed by atoms with Gasteiger partial charge in [-0.3, -0.25) is 0 Å². The van der Waals surface area contributed by atoms with Crippen molar-refractivity contribution in [1.82, 2.24) is 0 Å². The quantitative estimate of drug-likeness (QED) is 0.144. The lowest BCUT2D eigenvalue weighted by atomic mass is 10.1. The van der Waals surface area contributed by atoms with Crippen molar-refractivity contribution in [3.8, 4) is 22.5 Å². The third-order valence-corrected chi connectivity index (χ3v) is 8.54. The van der Waals surface area contributed by atoms with Gasteiger partial charge in [0.1, 0.15) is 5.75 Å². The number of carbonyl (C=O) groups is 1. The summed E-state index contributed by atoms with van der Waals surface area (Å²) in [6.07, 6.45) is 0. The van der Waals surface area contributed by atoms with E-state index in [9.17, 15) is 4.79 Å². The summed E-state index contributed by atoms with van der Waals surface area (Å²) in [6, 6.07) is 22.8. The molecule has 1 unspecified atom stereocenters. The zero-order valence-electron chi connectivity index (χ0n) is 20.6. The molecule has 0 radical (unpaired) electrons. The van der Waals surface area contributed by atoms with Crippen molar-refractivity contribution in [3.05, 3.63) is 92.8 Å². The van der Waals surface area contributed by atoms with Crippen LogP contribution in [0.4, 0.5) is 0 Å². The second-order valence-corrected chi connectivity index (χ2v) is 12.0. The number of carbonyl (C=O) groups excluding carboxylic acids is 1. The standard InChI is InChI=1S/C30H28BrO3S/c1-20-16-25(35-22(3)18-24-11-7-9-13-27(24)35)17-21(2)29(20)33-19-28(32)34-30(4,5)15-14-23-10-6-8-12-26(23)31/h6-13,16-18H,19H2,1-5H3/q+1. The van der Waals surface area contributed by atoms with E-state index in [0.717, 1.165) is 26.9 Å². The molecule has 3 aromatic carbocycles. The molecule has 0 saturated heterocycles. The summed E-state index contributed by atoms with van der Waals surface area (Å²) in [5.74, 6) is 6.38. The maximum absolute atomic E-state index is 12.6. The zero-order chi connectivity index (χ0) is 25.2. The number of esters is 1. The molecular weight excluding hydrogens is 520 g/mol. The maximum Gasteiger partial charge on any atom is 0.345 e. The second kappa shape index (κ2) is 10.3. The molecule has 0 aliphatic rings. The third kappa shape index (κ3) is 5.78. The Morgan fingerprint density at radius 1 is 0.971 bits per heavy atom. The molecule has 178 valence electrons. The average molecular weight is 549 g/mol. The van der Waals surface area contributed by atoms with Gasteiger partial charge in [-0.2, -0.15) is 0 Å². The van der Waals surface area contributed by atoms with E-state index in [2.05, 4.69) is 77.2 Å². The number of thiophene rings is 1. The summed E-state index contributed by atoms with van der Waals surface area (Å²) in [5, 5.41) is 1.29. The van der Waals surface area contributed by atoms with Crippen LogP contribution in [0.3, 0.4) is 0 Å². The fourth-order valence-electron chi connectivity index (χ4n) is 4.06. The monoisotopic (exact) mass is 547 g/mol. The highest BCUT2D eigenvalue weighted by Gasteiger charge is 2.24. The van der Waals surface area contributed by atoms with E-state index in [-0.39, 0.29) is 17.1 Å². The van der Waals surface area contributed by atoms with Crippen molar-refractivity contribution in [1.29, 1.82) is 0 Å². The summed E-state index contributed by atoms with van der Waals surface area (Å²) in [4.78, 5) is 15.2. The van der Waals surface area contributed by atoms with Crippen LogP contribution in [0.25, 0.3) is 15.0 Å². The van der Waals surface area contributed by atoms with Gasteiger partial charge in [0.05, 0.1) is 0 Å². The van der Waals surface area contributed by atoms with Gasteiger partial charge < -0.3 is 9.47 Å². The topological polar surface area (TPSA) is 35.5 Å². The molecule has 1 atom stereocenters. The molecule has 0 N–H and O–H groups in total. The molecule has 0 spiro atoms. The molecule has 0 bridgehead atoms. The summed E-state index contributed by atoms with van der Waals surface area (Å²) in [6.45, 7) is 9.61. The van der Waals surface area contributed by atoms with Crippen LogP contribution < -0.4 is 4.74 Å². The van der Waals surface area contributed by atoms with Gasteiger partial charge >= 0.3 is 5.97 Å². The van der Waals surface area contributed by atoms with Crippen molar-refractivity contribution in [2.24, 2.45) is 0 Å². The molecule has 0 fully saturated rings.